The molecule has 0 unspecified atom stereocenters. The largest absolute Gasteiger partial charge is 0.392 e. The van der Waals surface area contributed by atoms with E-state index < -0.39 is 0 Å². The number of hydrogen-bond acceptors (Lipinski definition) is 3. The number of hydrogen-bond donors (Lipinski definition) is 2. The highest BCUT2D eigenvalue weighted by molar-refractivity contribution is 8.00. The molecular weight excluding hydrogens is 289 g/mol. The smallest absolute Gasteiger partial charge is 0.234 e. The fraction of sp³-hybridized carbons (Fsp3) is 0.188. The van der Waals surface area contributed by atoms with Crippen molar-refractivity contribution < 1.29 is 14.3 Å². The first-order chi connectivity index (χ1) is 10.1. The molecule has 0 aliphatic rings. The second-order valence-corrected chi connectivity index (χ2v) is 5.65. The zero-order chi connectivity index (χ0) is 15.2. The molecule has 5 heteroatoms. The van der Waals surface area contributed by atoms with Gasteiger partial charge in [-0.3, -0.25) is 4.79 Å². The van der Waals surface area contributed by atoms with Gasteiger partial charge in [0.1, 0.15) is 5.82 Å². The molecule has 0 saturated heterocycles. The maximum atomic E-state index is 12.8. The van der Waals surface area contributed by atoms with E-state index in [4.69, 9.17) is 5.11 Å². The van der Waals surface area contributed by atoms with Crippen molar-refractivity contribution in [3.05, 3.63) is 59.4 Å². The lowest BCUT2D eigenvalue weighted by Crippen LogP contribution is -2.15. The number of carbonyl (C=O) groups excluding carboxylic acids is 1. The minimum atomic E-state index is -0.291. The van der Waals surface area contributed by atoms with Crippen molar-refractivity contribution in [1.29, 1.82) is 0 Å². The number of aliphatic hydroxyl groups excluding tert-OH is 1. The summed E-state index contributed by atoms with van der Waals surface area (Å²) in [6.07, 6.45) is 0. The maximum Gasteiger partial charge on any atom is 0.234 e. The Morgan fingerprint density at radius 3 is 2.62 bits per heavy atom. The van der Waals surface area contributed by atoms with Crippen molar-refractivity contribution in [1.82, 2.24) is 0 Å². The van der Waals surface area contributed by atoms with E-state index in [1.165, 1.54) is 23.9 Å². The molecule has 0 heterocycles. The predicted octanol–water partition coefficient (Wildman–Crippen LogP) is 3.36. The Balaban J connectivity index is 1.94. The van der Waals surface area contributed by atoms with E-state index in [1.807, 2.05) is 19.1 Å². The van der Waals surface area contributed by atoms with E-state index in [0.717, 1.165) is 16.0 Å². The first-order valence-corrected chi connectivity index (χ1v) is 7.45. The van der Waals surface area contributed by atoms with Crippen LogP contribution in [0.1, 0.15) is 11.1 Å². The summed E-state index contributed by atoms with van der Waals surface area (Å²) in [6, 6.07) is 11.5. The van der Waals surface area contributed by atoms with Gasteiger partial charge in [-0.1, -0.05) is 12.1 Å². The summed E-state index contributed by atoms with van der Waals surface area (Å²) in [7, 11) is 0. The molecule has 0 spiro atoms. The molecule has 2 N–H and O–H groups in total. The summed E-state index contributed by atoms with van der Waals surface area (Å²) in [4.78, 5) is 12.8. The molecular formula is C16H16FNO2S. The summed E-state index contributed by atoms with van der Waals surface area (Å²) < 4.78 is 12.8. The van der Waals surface area contributed by atoms with Crippen molar-refractivity contribution in [2.45, 2.75) is 18.4 Å². The quantitative estimate of drug-likeness (QED) is 0.833. The molecule has 0 atom stereocenters. The third-order valence-electron chi connectivity index (χ3n) is 2.94. The van der Waals surface area contributed by atoms with Gasteiger partial charge in [0.25, 0.3) is 0 Å². The number of carbonyl (C=O) groups is 1. The molecule has 21 heavy (non-hydrogen) atoms. The van der Waals surface area contributed by atoms with E-state index in [1.54, 1.807) is 18.2 Å². The molecule has 2 rings (SSSR count). The number of aliphatic hydroxyl groups is 1. The van der Waals surface area contributed by atoms with E-state index in [0.29, 0.717) is 5.69 Å². The minimum Gasteiger partial charge on any atom is -0.392 e. The van der Waals surface area contributed by atoms with Crippen LogP contribution in [-0.4, -0.2) is 16.8 Å². The van der Waals surface area contributed by atoms with Gasteiger partial charge in [0.05, 0.1) is 12.4 Å². The van der Waals surface area contributed by atoms with Gasteiger partial charge in [0.15, 0.2) is 0 Å². The first-order valence-electron chi connectivity index (χ1n) is 6.47. The molecule has 0 aromatic heterocycles. The Labute approximate surface area is 127 Å². The Kier molecular flexibility index (Phi) is 5.36. The van der Waals surface area contributed by atoms with Crippen LogP contribution in [0.3, 0.4) is 0 Å². The van der Waals surface area contributed by atoms with Crippen molar-refractivity contribution in [3.63, 3.8) is 0 Å². The highest BCUT2D eigenvalue weighted by atomic mass is 32.2. The van der Waals surface area contributed by atoms with Gasteiger partial charge in [-0.25, -0.2) is 4.39 Å². The van der Waals surface area contributed by atoms with Crippen LogP contribution in [0.15, 0.2) is 47.4 Å². The number of nitrogens with one attached hydrogen (secondary N) is 1. The number of amides is 1. The van der Waals surface area contributed by atoms with E-state index in [2.05, 4.69) is 5.32 Å². The zero-order valence-electron chi connectivity index (χ0n) is 11.6. The summed E-state index contributed by atoms with van der Waals surface area (Å²) in [5, 5.41) is 11.9. The lowest BCUT2D eigenvalue weighted by atomic mass is 10.1. The van der Waals surface area contributed by atoms with Crippen LogP contribution in [0, 0.1) is 12.7 Å². The van der Waals surface area contributed by atoms with Crippen molar-refractivity contribution in [3.8, 4) is 0 Å². The fourth-order valence-electron chi connectivity index (χ4n) is 1.77. The SMILES string of the molecule is Cc1ccc(CO)cc1NC(=O)CSc1ccc(F)cc1. The van der Waals surface area contributed by atoms with Gasteiger partial charge in [-0.2, -0.15) is 0 Å². The van der Waals surface area contributed by atoms with Gasteiger partial charge < -0.3 is 10.4 Å². The highest BCUT2D eigenvalue weighted by Gasteiger charge is 2.07. The highest BCUT2D eigenvalue weighted by Crippen LogP contribution is 2.20. The predicted molar refractivity (Wildman–Crippen MR) is 82.9 cm³/mol. The molecule has 2 aromatic carbocycles. The summed E-state index contributed by atoms with van der Waals surface area (Å²) in [6.45, 7) is 1.83. The van der Waals surface area contributed by atoms with Gasteiger partial charge in [-0.05, 0) is 48.4 Å². The lowest BCUT2D eigenvalue weighted by molar-refractivity contribution is -0.113. The summed E-state index contributed by atoms with van der Waals surface area (Å²) >= 11 is 1.34. The fourth-order valence-corrected chi connectivity index (χ4v) is 2.47. The van der Waals surface area contributed by atoms with Gasteiger partial charge in [0, 0.05) is 10.6 Å². The average molecular weight is 305 g/mol. The first kappa shape index (κ1) is 15.5. The normalized spacial score (nSPS) is 10.4. The number of aryl methyl sites for hydroxylation is 1. The Morgan fingerprint density at radius 2 is 1.95 bits per heavy atom. The van der Waals surface area contributed by atoms with E-state index >= 15 is 0 Å². The Morgan fingerprint density at radius 1 is 1.24 bits per heavy atom. The molecule has 110 valence electrons. The van der Waals surface area contributed by atoms with Crippen molar-refractivity contribution >= 4 is 23.4 Å². The Bertz CT molecular complexity index is 629. The molecule has 0 saturated carbocycles. The number of halogens is 1. The molecule has 0 radical (unpaired) electrons. The topological polar surface area (TPSA) is 49.3 Å². The number of rotatable bonds is 5. The van der Waals surface area contributed by atoms with Crippen LogP contribution in [0.4, 0.5) is 10.1 Å². The number of thioether (sulfide) groups is 1. The van der Waals surface area contributed by atoms with Crippen molar-refractivity contribution in [2.24, 2.45) is 0 Å². The van der Waals surface area contributed by atoms with Crippen LogP contribution in [0.25, 0.3) is 0 Å². The second kappa shape index (κ2) is 7.24. The van der Waals surface area contributed by atoms with Crippen LogP contribution in [-0.2, 0) is 11.4 Å². The van der Waals surface area contributed by atoms with Crippen LogP contribution in [0.5, 0.6) is 0 Å². The molecule has 0 aliphatic heterocycles. The maximum absolute atomic E-state index is 12.8. The van der Waals surface area contributed by atoms with Crippen LogP contribution < -0.4 is 5.32 Å². The second-order valence-electron chi connectivity index (χ2n) is 4.60. The zero-order valence-corrected chi connectivity index (χ0v) is 12.4. The molecule has 0 aliphatic carbocycles. The summed E-state index contributed by atoms with van der Waals surface area (Å²) in [5.41, 5.74) is 2.39. The van der Waals surface area contributed by atoms with E-state index in [9.17, 15) is 9.18 Å². The third kappa shape index (κ3) is 4.58. The van der Waals surface area contributed by atoms with Crippen LogP contribution in [0.2, 0.25) is 0 Å². The van der Waals surface area contributed by atoms with Crippen molar-refractivity contribution in [2.75, 3.05) is 11.1 Å². The Hall–Kier alpha value is -1.85. The van der Waals surface area contributed by atoms with E-state index in [-0.39, 0.29) is 24.1 Å². The number of benzene rings is 2. The molecule has 1 amide bonds. The average Bonchev–Trinajstić information content (AvgIpc) is 2.49. The monoisotopic (exact) mass is 305 g/mol. The standard InChI is InChI=1S/C16H16FNO2S/c1-11-2-3-12(9-19)8-15(11)18-16(20)10-21-14-6-4-13(17)5-7-14/h2-8,19H,9-10H2,1H3,(H,18,20). The summed E-state index contributed by atoms with van der Waals surface area (Å²) in [5.74, 6) is -0.184. The minimum absolute atomic E-state index is 0.0620. The number of anilines is 1. The molecule has 2 aromatic rings. The van der Waals surface area contributed by atoms with Gasteiger partial charge >= 0.3 is 0 Å². The van der Waals surface area contributed by atoms with Crippen LogP contribution >= 0.6 is 11.8 Å². The van der Waals surface area contributed by atoms with Gasteiger partial charge in [-0.15, -0.1) is 11.8 Å². The van der Waals surface area contributed by atoms with Gasteiger partial charge in [0.2, 0.25) is 5.91 Å². The molecule has 0 bridgehead atoms. The molecule has 0 fully saturated rings. The lowest BCUT2D eigenvalue weighted by Gasteiger charge is -2.10. The molecule has 3 nitrogen and oxygen atoms in total. The third-order valence-corrected chi connectivity index (χ3v) is 3.95.